The molecule has 1 saturated heterocycles. The van der Waals surface area contributed by atoms with Gasteiger partial charge in [0.05, 0.1) is 17.3 Å². The highest BCUT2D eigenvalue weighted by molar-refractivity contribution is 7.92. The number of benzene rings is 1. The van der Waals surface area contributed by atoms with E-state index in [0.717, 1.165) is 32.5 Å². The average Bonchev–Trinajstić information content (AvgIpc) is 2.47. The van der Waals surface area contributed by atoms with E-state index < -0.39 is 9.84 Å². The van der Waals surface area contributed by atoms with Crippen LogP contribution in [0.3, 0.4) is 0 Å². The number of piperidine rings is 1. The number of methoxy groups -OCH3 is 1. The van der Waals surface area contributed by atoms with E-state index in [4.69, 9.17) is 4.74 Å². The molecule has 0 saturated carbocycles. The summed E-state index contributed by atoms with van der Waals surface area (Å²) in [6.45, 7) is 4.85. The number of rotatable bonds is 4. The maximum absolute atomic E-state index is 12.5. The van der Waals surface area contributed by atoms with Crippen molar-refractivity contribution in [3.8, 4) is 5.75 Å². The molecule has 2 rings (SSSR count). The Morgan fingerprint density at radius 1 is 1.21 bits per heavy atom. The highest BCUT2D eigenvalue weighted by Crippen LogP contribution is 2.25. The molecule has 1 aromatic carbocycles. The zero-order chi connectivity index (χ0) is 13.9. The third-order valence-electron chi connectivity index (χ3n) is 3.81. The van der Waals surface area contributed by atoms with Crippen molar-refractivity contribution in [1.82, 2.24) is 4.90 Å². The number of hydrogen-bond acceptors (Lipinski definition) is 4. The predicted octanol–water partition coefficient (Wildman–Crippen LogP) is 1.95. The zero-order valence-electron chi connectivity index (χ0n) is 11.5. The summed E-state index contributed by atoms with van der Waals surface area (Å²) in [4.78, 5) is 2.70. The monoisotopic (exact) mass is 283 g/mol. The van der Waals surface area contributed by atoms with Gasteiger partial charge in [0.25, 0.3) is 0 Å². The number of ether oxygens (including phenoxy) is 1. The lowest BCUT2D eigenvalue weighted by atomic mass is 10.1. The fourth-order valence-corrected chi connectivity index (χ4v) is 4.23. The number of likely N-dealkylation sites (tertiary alicyclic amines) is 1. The highest BCUT2D eigenvalue weighted by Gasteiger charge is 2.30. The molecule has 0 unspecified atom stereocenters. The molecular weight excluding hydrogens is 262 g/mol. The molecule has 0 spiro atoms. The van der Waals surface area contributed by atoms with Gasteiger partial charge in [-0.1, -0.05) is 6.92 Å². The van der Waals surface area contributed by atoms with Crippen LogP contribution >= 0.6 is 0 Å². The maximum Gasteiger partial charge on any atom is 0.181 e. The van der Waals surface area contributed by atoms with E-state index in [1.165, 1.54) is 0 Å². The summed E-state index contributed by atoms with van der Waals surface area (Å²) in [5, 5.41) is -0.247. The molecule has 4 nitrogen and oxygen atoms in total. The van der Waals surface area contributed by atoms with Crippen molar-refractivity contribution in [3.63, 3.8) is 0 Å². The first kappa shape index (κ1) is 14.3. The molecule has 0 amide bonds. The summed E-state index contributed by atoms with van der Waals surface area (Å²) >= 11 is 0. The van der Waals surface area contributed by atoms with Crippen molar-refractivity contribution in [2.24, 2.45) is 0 Å². The van der Waals surface area contributed by atoms with Crippen LogP contribution in [0.15, 0.2) is 29.2 Å². The van der Waals surface area contributed by atoms with E-state index in [0.29, 0.717) is 10.6 Å². The Balaban J connectivity index is 2.13. The van der Waals surface area contributed by atoms with Crippen molar-refractivity contribution in [2.45, 2.75) is 29.9 Å². The second-order valence-corrected chi connectivity index (χ2v) is 7.08. The van der Waals surface area contributed by atoms with E-state index in [-0.39, 0.29) is 5.25 Å². The lowest BCUT2D eigenvalue weighted by Crippen LogP contribution is -2.39. The van der Waals surface area contributed by atoms with E-state index in [9.17, 15) is 8.42 Å². The molecule has 0 radical (unpaired) electrons. The average molecular weight is 283 g/mol. The maximum atomic E-state index is 12.5. The number of sulfone groups is 1. The minimum Gasteiger partial charge on any atom is -0.497 e. The molecule has 0 atom stereocenters. The van der Waals surface area contributed by atoms with Crippen LogP contribution in [0.1, 0.15) is 19.8 Å². The lowest BCUT2D eigenvalue weighted by molar-refractivity contribution is 0.241. The van der Waals surface area contributed by atoms with E-state index in [1.54, 1.807) is 31.4 Å². The summed E-state index contributed by atoms with van der Waals surface area (Å²) in [7, 11) is -1.63. The van der Waals surface area contributed by atoms with Gasteiger partial charge >= 0.3 is 0 Å². The first-order valence-electron chi connectivity index (χ1n) is 6.68. The van der Waals surface area contributed by atoms with Crippen LogP contribution in [0.25, 0.3) is 0 Å². The minimum atomic E-state index is -3.20. The van der Waals surface area contributed by atoms with Crippen LogP contribution in [-0.2, 0) is 9.84 Å². The van der Waals surface area contributed by atoms with Crippen LogP contribution in [-0.4, -0.2) is 45.3 Å². The van der Waals surface area contributed by atoms with E-state index in [2.05, 4.69) is 11.8 Å². The normalized spacial score (nSPS) is 18.4. The topological polar surface area (TPSA) is 46.6 Å². The molecule has 106 valence electrons. The van der Waals surface area contributed by atoms with Gasteiger partial charge in [0.1, 0.15) is 5.75 Å². The first-order chi connectivity index (χ1) is 9.07. The second-order valence-electron chi connectivity index (χ2n) is 4.85. The van der Waals surface area contributed by atoms with Crippen LogP contribution in [0.4, 0.5) is 0 Å². The third kappa shape index (κ3) is 3.09. The van der Waals surface area contributed by atoms with Gasteiger partial charge in [0.15, 0.2) is 9.84 Å². The number of hydrogen-bond donors (Lipinski definition) is 0. The molecule has 1 fully saturated rings. The smallest absolute Gasteiger partial charge is 0.181 e. The van der Waals surface area contributed by atoms with Crippen molar-refractivity contribution in [3.05, 3.63) is 24.3 Å². The van der Waals surface area contributed by atoms with Crippen LogP contribution < -0.4 is 4.74 Å². The molecule has 0 bridgehead atoms. The minimum absolute atomic E-state index is 0.247. The van der Waals surface area contributed by atoms with Gasteiger partial charge in [-0.25, -0.2) is 8.42 Å². The molecule has 1 aliphatic heterocycles. The Morgan fingerprint density at radius 2 is 1.79 bits per heavy atom. The van der Waals surface area contributed by atoms with Crippen LogP contribution in [0.2, 0.25) is 0 Å². The molecule has 0 aromatic heterocycles. The Morgan fingerprint density at radius 3 is 2.26 bits per heavy atom. The Kier molecular flexibility index (Phi) is 4.47. The van der Waals surface area contributed by atoms with Gasteiger partial charge in [-0.05, 0) is 56.7 Å². The molecule has 19 heavy (non-hydrogen) atoms. The SMILES string of the molecule is CCN1CCC(S(=O)(=O)c2ccc(OC)cc2)CC1. The summed E-state index contributed by atoms with van der Waals surface area (Å²) < 4.78 is 30.1. The molecule has 1 aromatic rings. The fourth-order valence-electron chi connectivity index (χ4n) is 2.49. The second kappa shape index (κ2) is 5.92. The van der Waals surface area contributed by atoms with Crippen molar-refractivity contribution < 1.29 is 13.2 Å². The summed E-state index contributed by atoms with van der Waals surface area (Å²) in [5.74, 6) is 0.680. The van der Waals surface area contributed by atoms with Gasteiger partial charge in [-0.3, -0.25) is 0 Å². The van der Waals surface area contributed by atoms with Crippen molar-refractivity contribution in [2.75, 3.05) is 26.7 Å². The lowest BCUT2D eigenvalue weighted by Gasteiger charge is -2.30. The molecule has 0 N–H and O–H groups in total. The van der Waals surface area contributed by atoms with Gasteiger partial charge in [-0.2, -0.15) is 0 Å². The third-order valence-corrected chi connectivity index (χ3v) is 6.09. The Bertz CT molecular complexity index is 502. The van der Waals surface area contributed by atoms with Gasteiger partial charge in [0.2, 0.25) is 0 Å². The fraction of sp³-hybridized carbons (Fsp3) is 0.571. The molecule has 1 heterocycles. The summed E-state index contributed by atoms with van der Waals surface area (Å²) in [5.41, 5.74) is 0. The van der Waals surface area contributed by atoms with Gasteiger partial charge < -0.3 is 9.64 Å². The molecule has 5 heteroatoms. The highest BCUT2D eigenvalue weighted by atomic mass is 32.2. The van der Waals surface area contributed by atoms with Crippen molar-refractivity contribution in [1.29, 1.82) is 0 Å². The van der Waals surface area contributed by atoms with Gasteiger partial charge in [-0.15, -0.1) is 0 Å². The largest absolute Gasteiger partial charge is 0.497 e. The van der Waals surface area contributed by atoms with Crippen molar-refractivity contribution >= 4 is 9.84 Å². The standard InChI is InChI=1S/C14H21NO3S/c1-3-15-10-8-14(9-11-15)19(16,17)13-6-4-12(18-2)5-7-13/h4-7,14H,3,8-11H2,1-2H3. The molecule has 0 aliphatic carbocycles. The first-order valence-corrected chi connectivity index (χ1v) is 8.23. The van der Waals surface area contributed by atoms with Crippen LogP contribution in [0, 0.1) is 0 Å². The predicted molar refractivity (Wildman–Crippen MR) is 75.3 cm³/mol. The zero-order valence-corrected chi connectivity index (χ0v) is 12.3. The van der Waals surface area contributed by atoms with Gasteiger partial charge in [0, 0.05) is 0 Å². The van der Waals surface area contributed by atoms with E-state index in [1.807, 2.05) is 0 Å². The summed E-state index contributed by atoms with van der Waals surface area (Å²) in [6.07, 6.45) is 1.45. The quantitative estimate of drug-likeness (QED) is 0.847. The Labute approximate surface area is 115 Å². The number of nitrogens with zero attached hydrogens (tertiary/aromatic N) is 1. The molecular formula is C14H21NO3S. The van der Waals surface area contributed by atoms with E-state index >= 15 is 0 Å². The Hall–Kier alpha value is -1.07. The van der Waals surface area contributed by atoms with Crippen LogP contribution in [0.5, 0.6) is 5.75 Å². The molecule has 1 aliphatic rings. The summed E-state index contributed by atoms with van der Waals surface area (Å²) in [6, 6.07) is 6.68.